The Bertz CT molecular complexity index is 679. The van der Waals surface area contributed by atoms with Crippen molar-refractivity contribution in [2.45, 2.75) is 6.04 Å². The molecule has 0 spiro atoms. The van der Waals surface area contributed by atoms with Gasteiger partial charge < -0.3 is 10.6 Å². The Labute approximate surface area is 132 Å². The third kappa shape index (κ3) is 3.81. The fourth-order valence-electron chi connectivity index (χ4n) is 2.14. The van der Waals surface area contributed by atoms with Gasteiger partial charge in [0.1, 0.15) is 11.6 Å². The highest BCUT2D eigenvalue weighted by atomic mass is 35.5. The van der Waals surface area contributed by atoms with Crippen molar-refractivity contribution in [2.24, 2.45) is 0 Å². The average molecular weight is 325 g/mol. The second kappa shape index (κ2) is 7.33. The molecule has 0 aromatic heterocycles. The van der Waals surface area contributed by atoms with Crippen LogP contribution in [-0.2, 0) is 4.79 Å². The van der Waals surface area contributed by atoms with E-state index in [-0.39, 0.29) is 18.0 Å². The Morgan fingerprint density at radius 2 is 1.91 bits per heavy atom. The van der Waals surface area contributed by atoms with Crippen LogP contribution in [0, 0.1) is 11.6 Å². The van der Waals surface area contributed by atoms with Gasteiger partial charge in [-0.2, -0.15) is 0 Å². The number of rotatable bonds is 5. The lowest BCUT2D eigenvalue weighted by Crippen LogP contribution is -2.36. The van der Waals surface area contributed by atoms with Crippen molar-refractivity contribution in [1.29, 1.82) is 0 Å². The zero-order chi connectivity index (χ0) is 16.1. The van der Waals surface area contributed by atoms with Crippen LogP contribution in [-0.4, -0.2) is 19.5 Å². The summed E-state index contributed by atoms with van der Waals surface area (Å²) in [6, 6.07) is 8.97. The van der Waals surface area contributed by atoms with Crippen LogP contribution in [0.15, 0.2) is 42.5 Å². The summed E-state index contributed by atoms with van der Waals surface area (Å²) in [6.07, 6.45) is 0. The lowest BCUT2D eigenvalue weighted by molar-refractivity contribution is -0.120. The van der Waals surface area contributed by atoms with E-state index < -0.39 is 17.7 Å². The molecule has 0 heterocycles. The highest BCUT2D eigenvalue weighted by Crippen LogP contribution is 2.30. The zero-order valence-corrected chi connectivity index (χ0v) is 12.6. The van der Waals surface area contributed by atoms with E-state index in [0.29, 0.717) is 10.6 Å². The van der Waals surface area contributed by atoms with Crippen LogP contribution in [0.2, 0.25) is 5.02 Å². The van der Waals surface area contributed by atoms with Crippen LogP contribution in [0.5, 0.6) is 0 Å². The molecule has 1 atom stereocenters. The van der Waals surface area contributed by atoms with E-state index in [1.165, 1.54) is 0 Å². The summed E-state index contributed by atoms with van der Waals surface area (Å²) in [5.41, 5.74) is 0.524. The molecule has 2 rings (SSSR count). The summed E-state index contributed by atoms with van der Waals surface area (Å²) in [7, 11) is 1.62. The first-order valence-electron chi connectivity index (χ1n) is 6.66. The van der Waals surface area contributed by atoms with Gasteiger partial charge >= 0.3 is 0 Å². The quantitative estimate of drug-likeness (QED) is 0.887. The molecule has 0 aliphatic rings. The molecule has 0 unspecified atom stereocenters. The Kier molecular flexibility index (Phi) is 5.46. The van der Waals surface area contributed by atoms with E-state index in [0.717, 1.165) is 18.2 Å². The smallest absolute Gasteiger partial charge is 0.234 e. The van der Waals surface area contributed by atoms with E-state index in [1.807, 2.05) is 0 Å². The van der Waals surface area contributed by atoms with Crippen LogP contribution in [0.3, 0.4) is 0 Å². The number of hydrogen-bond acceptors (Lipinski definition) is 2. The molecular weight excluding hydrogens is 310 g/mol. The number of likely N-dealkylation sites (N-methyl/N-ethyl adjacent to an activating group) is 1. The molecule has 0 radical (unpaired) electrons. The van der Waals surface area contributed by atoms with E-state index >= 15 is 0 Å². The summed E-state index contributed by atoms with van der Waals surface area (Å²) in [4.78, 5) is 11.9. The monoisotopic (exact) mass is 324 g/mol. The van der Waals surface area contributed by atoms with Crippen LogP contribution in [0.1, 0.15) is 17.2 Å². The van der Waals surface area contributed by atoms with E-state index in [1.54, 1.807) is 31.3 Å². The maximum absolute atomic E-state index is 14.1. The second-order valence-electron chi connectivity index (χ2n) is 4.72. The highest BCUT2D eigenvalue weighted by molar-refractivity contribution is 6.31. The fourth-order valence-corrected chi connectivity index (χ4v) is 2.39. The van der Waals surface area contributed by atoms with Crippen LogP contribution in [0.4, 0.5) is 8.78 Å². The lowest BCUT2D eigenvalue weighted by atomic mass is 9.97. The number of carbonyl (C=O) groups is 1. The van der Waals surface area contributed by atoms with Crippen molar-refractivity contribution in [1.82, 2.24) is 10.6 Å². The number of carbonyl (C=O) groups excluding carboxylic acids is 1. The van der Waals surface area contributed by atoms with Crippen LogP contribution in [0.25, 0.3) is 0 Å². The third-order valence-corrected chi connectivity index (χ3v) is 3.47. The predicted octanol–water partition coefficient (Wildman–Crippen LogP) is 3.04. The van der Waals surface area contributed by atoms with Gasteiger partial charge in [0.05, 0.1) is 12.6 Å². The van der Waals surface area contributed by atoms with Crippen molar-refractivity contribution >= 4 is 17.5 Å². The molecule has 22 heavy (non-hydrogen) atoms. The van der Waals surface area contributed by atoms with Crippen molar-refractivity contribution in [3.05, 3.63) is 70.2 Å². The second-order valence-corrected chi connectivity index (χ2v) is 5.13. The van der Waals surface area contributed by atoms with Crippen LogP contribution < -0.4 is 10.6 Å². The first-order valence-corrected chi connectivity index (χ1v) is 7.04. The van der Waals surface area contributed by atoms with Crippen molar-refractivity contribution < 1.29 is 13.6 Å². The average Bonchev–Trinajstić information content (AvgIpc) is 2.49. The highest BCUT2D eigenvalue weighted by Gasteiger charge is 2.22. The molecule has 0 bridgehead atoms. The maximum Gasteiger partial charge on any atom is 0.234 e. The van der Waals surface area contributed by atoms with Gasteiger partial charge in [0, 0.05) is 10.6 Å². The molecule has 0 aliphatic carbocycles. The van der Waals surface area contributed by atoms with Gasteiger partial charge in [-0.15, -0.1) is 0 Å². The molecule has 2 N–H and O–H groups in total. The predicted molar refractivity (Wildman–Crippen MR) is 81.7 cm³/mol. The standard InChI is InChI=1S/C16H15ClF2N2O/c1-20-9-15(22)21-16(11-4-2-3-5-13(11)17)12-8-10(18)6-7-14(12)19/h2-8,16,20H,9H2,1H3,(H,21,22)/t16-/m1/s1. The SMILES string of the molecule is CNCC(=O)N[C@@H](c1cc(F)ccc1F)c1ccccc1Cl. The zero-order valence-electron chi connectivity index (χ0n) is 11.9. The van der Waals surface area contributed by atoms with Crippen molar-refractivity contribution in [2.75, 3.05) is 13.6 Å². The minimum absolute atomic E-state index is 0.0255. The number of halogens is 3. The van der Waals surface area contributed by atoms with Crippen LogP contribution >= 0.6 is 11.6 Å². The number of amides is 1. The van der Waals surface area contributed by atoms with Gasteiger partial charge in [-0.1, -0.05) is 29.8 Å². The maximum atomic E-state index is 14.1. The minimum Gasteiger partial charge on any atom is -0.344 e. The molecule has 3 nitrogen and oxygen atoms in total. The third-order valence-electron chi connectivity index (χ3n) is 3.13. The van der Waals surface area contributed by atoms with Gasteiger partial charge in [-0.25, -0.2) is 8.78 Å². The fraction of sp³-hybridized carbons (Fsp3) is 0.188. The Morgan fingerprint density at radius 1 is 1.18 bits per heavy atom. The first kappa shape index (κ1) is 16.4. The molecule has 6 heteroatoms. The molecule has 0 aliphatic heterocycles. The molecule has 0 saturated carbocycles. The molecule has 0 saturated heterocycles. The number of hydrogen-bond donors (Lipinski definition) is 2. The van der Waals surface area contributed by atoms with Gasteiger partial charge in [-0.05, 0) is 36.9 Å². The summed E-state index contributed by atoms with van der Waals surface area (Å²) >= 11 is 6.14. The largest absolute Gasteiger partial charge is 0.344 e. The minimum atomic E-state index is -0.870. The van der Waals surface area contributed by atoms with E-state index in [9.17, 15) is 13.6 Å². The normalized spacial score (nSPS) is 12.0. The molecule has 1 amide bonds. The van der Waals surface area contributed by atoms with Gasteiger partial charge in [0.25, 0.3) is 0 Å². The molecule has 0 fully saturated rings. The van der Waals surface area contributed by atoms with Crippen molar-refractivity contribution in [3.8, 4) is 0 Å². The van der Waals surface area contributed by atoms with E-state index in [2.05, 4.69) is 10.6 Å². The topological polar surface area (TPSA) is 41.1 Å². The first-order chi connectivity index (χ1) is 10.5. The van der Waals surface area contributed by atoms with Gasteiger partial charge in [0.15, 0.2) is 0 Å². The summed E-state index contributed by atoms with van der Waals surface area (Å²) in [6.45, 7) is 0.0535. The van der Waals surface area contributed by atoms with Gasteiger partial charge in [-0.3, -0.25) is 4.79 Å². The van der Waals surface area contributed by atoms with E-state index in [4.69, 9.17) is 11.6 Å². The van der Waals surface area contributed by atoms with Gasteiger partial charge in [0.2, 0.25) is 5.91 Å². The molecule has 2 aromatic carbocycles. The molecular formula is C16H15ClF2N2O. The summed E-state index contributed by atoms with van der Waals surface area (Å²) in [5.74, 6) is -1.55. The molecule has 2 aromatic rings. The Morgan fingerprint density at radius 3 is 2.59 bits per heavy atom. The summed E-state index contributed by atoms with van der Waals surface area (Å²) in [5, 5.41) is 5.73. The Balaban J connectivity index is 2.48. The van der Waals surface area contributed by atoms with Crippen molar-refractivity contribution in [3.63, 3.8) is 0 Å². The summed E-state index contributed by atoms with van der Waals surface area (Å²) < 4.78 is 27.6. The number of benzene rings is 2. The lowest BCUT2D eigenvalue weighted by Gasteiger charge is -2.21. The Hall–Kier alpha value is -1.98. The number of nitrogens with one attached hydrogen (secondary N) is 2. The molecule has 116 valence electrons.